The van der Waals surface area contributed by atoms with E-state index in [0.717, 1.165) is 5.56 Å². The van der Waals surface area contributed by atoms with Crippen molar-refractivity contribution >= 4 is 5.97 Å². The van der Waals surface area contributed by atoms with E-state index in [4.69, 9.17) is 24.1 Å². The largest absolute Gasteiger partial charge is 0.480 e. The van der Waals surface area contributed by atoms with Gasteiger partial charge in [0.1, 0.15) is 6.61 Å². The van der Waals surface area contributed by atoms with Crippen LogP contribution in [0.15, 0.2) is 30.3 Å². The third-order valence-corrected chi connectivity index (χ3v) is 3.21. The molecule has 0 saturated heterocycles. The molecule has 2 atom stereocenters. The molecule has 2 unspecified atom stereocenters. The minimum absolute atomic E-state index is 0.0743. The van der Waals surface area contributed by atoms with Crippen molar-refractivity contribution in [3.63, 3.8) is 0 Å². The molecule has 1 rings (SSSR count). The molecule has 0 bridgehead atoms. The molecule has 0 saturated carbocycles. The van der Waals surface area contributed by atoms with E-state index in [0.29, 0.717) is 26.4 Å². The Bertz CT molecular complexity index is 422. The van der Waals surface area contributed by atoms with Gasteiger partial charge in [0.25, 0.3) is 0 Å². The highest BCUT2D eigenvalue weighted by atomic mass is 16.6. The summed E-state index contributed by atoms with van der Waals surface area (Å²) in [6, 6.07) is 9.98. The maximum absolute atomic E-state index is 10.3. The van der Waals surface area contributed by atoms with E-state index in [1.165, 1.54) is 0 Å². The van der Waals surface area contributed by atoms with Gasteiger partial charge in [-0.3, -0.25) is 0 Å². The molecule has 130 valence electrons. The van der Waals surface area contributed by atoms with Crippen LogP contribution < -0.4 is 0 Å². The van der Waals surface area contributed by atoms with Crippen molar-refractivity contribution in [2.75, 3.05) is 33.0 Å². The molecule has 0 fully saturated rings. The van der Waals surface area contributed by atoms with Gasteiger partial charge in [-0.1, -0.05) is 30.3 Å². The number of aliphatic carboxylic acids is 1. The van der Waals surface area contributed by atoms with Crippen molar-refractivity contribution in [1.82, 2.24) is 0 Å². The fourth-order valence-corrected chi connectivity index (χ4v) is 1.78. The fraction of sp³-hybridized carbons (Fsp3) is 0.588. The second-order valence-electron chi connectivity index (χ2n) is 5.14. The number of rotatable bonds is 13. The molecule has 1 N–H and O–H groups in total. The second kappa shape index (κ2) is 12.0. The first kappa shape index (κ1) is 19.6. The monoisotopic (exact) mass is 326 g/mol. The van der Waals surface area contributed by atoms with Crippen LogP contribution in [-0.4, -0.2) is 56.3 Å². The first-order valence-electron chi connectivity index (χ1n) is 7.74. The molecule has 6 nitrogen and oxygen atoms in total. The number of hydrogen-bond acceptors (Lipinski definition) is 5. The number of carbonyl (C=O) groups is 1. The van der Waals surface area contributed by atoms with E-state index in [2.05, 4.69) is 0 Å². The number of ether oxygens (including phenoxy) is 4. The van der Waals surface area contributed by atoms with Crippen molar-refractivity contribution in [3.05, 3.63) is 35.9 Å². The molecular formula is C17H26O6. The molecular weight excluding hydrogens is 300 g/mol. The summed E-state index contributed by atoms with van der Waals surface area (Å²) >= 11 is 0. The van der Waals surface area contributed by atoms with E-state index in [9.17, 15) is 4.79 Å². The van der Waals surface area contributed by atoms with E-state index >= 15 is 0 Å². The Labute approximate surface area is 137 Å². The van der Waals surface area contributed by atoms with Crippen LogP contribution in [0.25, 0.3) is 0 Å². The van der Waals surface area contributed by atoms with Crippen molar-refractivity contribution in [2.24, 2.45) is 0 Å². The van der Waals surface area contributed by atoms with E-state index in [-0.39, 0.29) is 25.4 Å². The Hall–Kier alpha value is -1.47. The minimum Gasteiger partial charge on any atom is -0.480 e. The number of carboxylic acids is 1. The predicted molar refractivity (Wildman–Crippen MR) is 85.4 cm³/mol. The molecule has 0 amide bonds. The zero-order valence-corrected chi connectivity index (χ0v) is 13.8. The normalized spacial score (nSPS) is 13.7. The zero-order valence-electron chi connectivity index (χ0n) is 13.8. The van der Waals surface area contributed by atoms with Gasteiger partial charge in [0.05, 0.1) is 45.2 Å². The number of hydrogen-bond donors (Lipinski definition) is 1. The number of carboxylic acid groups (broad SMARTS) is 1. The van der Waals surface area contributed by atoms with Crippen LogP contribution in [0.1, 0.15) is 19.4 Å². The van der Waals surface area contributed by atoms with E-state index in [1.807, 2.05) is 44.2 Å². The predicted octanol–water partition coefficient (Wildman–Crippen LogP) is 2.11. The molecule has 6 heteroatoms. The maximum atomic E-state index is 10.3. The van der Waals surface area contributed by atoms with E-state index < -0.39 is 5.97 Å². The Morgan fingerprint density at radius 2 is 1.52 bits per heavy atom. The average molecular weight is 326 g/mol. The van der Waals surface area contributed by atoms with Gasteiger partial charge in [-0.05, 0) is 19.4 Å². The summed E-state index contributed by atoms with van der Waals surface area (Å²) in [6.07, 6.45) is -0.174. The quantitative estimate of drug-likeness (QED) is 0.560. The van der Waals surface area contributed by atoms with Crippen molar-refractivity contribution in [2.45, 2.75) is 32.7 Å². The molecule has 0 heterocycles. The van der Waals surface area contributed by atoms with Crippen LogP contribution in [0.3, 0.4) is 0 Å². The van der Waals surface area contributed by atoms with Crippen LogP contribution in [0.4, 0.5) is 0 Å². The topological polar surface area (TPSA) is 74.2 Å². The lowest BCUT2D eigenvalue weighted by Gasteiger charge is -2.21. The van der Waals surface area contributed by atoms with Crippen molar-refractivity contribution in [1.29, 1.82) is 0 Å². The molecule has 0 aliphatic heterocycles. The highest BCUT2D eigenvalue weighted by Crippen LogP contribution is 2.04. The van der Waals surface area contributed by atoms with Crippen molar-refractivity contribution < 1.29 is 28.8 Å². The molecule has 0 spiro atoms. The minimum atomic E-state index is -0.981. The average Bonchev–Trinajstić information content (AvgIpc) is 2.54. The van der Waals surface area contributed by atoms with Gasteiger partial charge in [-0.15, -0.1) is 0 Å². The summed E-state index contributed by atoms with van der Waals surface area (Å²) in [7, 11) is 0. The molecule has 0 aliphatic rings. The summed E-state index contributed by atoms with van der Waals surface area (Å²) in [5.74, 6) is -0.981. The SMILES string of the molecule is CC(OCCOCC(=O)O)C(C)OCCOCc1ccccc1. The van der Waals surface area contributed by atoms with Gasteiger partial charge in [-0.2, -0.15) is 0 Å². The maximum Gasteiger partial charge on any atom is 0.329 e. The first-order valence-corrected chi connectivity index (χ1v) is 7.74. The lowest BCUT2D eigenvalue weighted by molar-refractivity contribution is -0.143. The highest BCUT2D eigenvalue weighted by Gasteiger charge is 2.13. The smallest absolute Gasteiger partial charge is 0.329 e. The van der Waals surface area contributed by atoms with Gasteiger partial charge in [0, 0.05) is 0 Å². The standard InChI is InChI=1S/C17H26O6/c1-14(15(2)23-11-9-21-13-17(18)19)22-10-8-20-12-16-6-4-3-5-7-16/h3-7,14-15H,8-13H2,1-2H3,(H,18,19). The summed E-state index contributed by atoms with van der Waals surface area (Å²) in [5.41, 5.74) is 1.14. The highest BCUT2D eigenvalue weighted by molar-refractivity contribution is 5.67. The van der Waals surface area contributed by atoms with Gasteiger partial charge in [-0.25, -0.2) is 4.79 Å². The Kier molecular flexibility index (Phi) is 10.2. The third-order valence-electron chi connectivity index (χ3n) is 3.21. The summed E-state index contributed by atoms with van der Waals surface area (Å²) in [5, 5.41) is 8.43. The van der Waals surface area contributed by atoms with Crippen LogP contribution >= 0.6 is 0 Å². The number of benzene rings is 1. The summed E-state index contributed by atoms with van der Waals surface area (Å²) < 4.78 is 21.6. The Morgan fingerprint density at radius 1 is 0.957 bits per heavy atom. The van der Waals surface area contributed by atoms with Gasteiger partial charge >= 0.3 is 5.97 Å². The zero-order chi connectivity index (χ0) is 16.9. The third kappa shape index (κ3) is 10.0. The molecule has 23 heavy (non-hydrogen) atoms. The van der Waals surface area contributed by atoms with Crippen LogP contribution in [-0.2, 0) is 30.3 Å². The van der Waals surface area contributed by atoms with Crippen LogP contribution in [0.5, 0.6) is 0 Å². The van der Waals surface area contributed by atoms with Crippen LogP contribution in [0, 0.1) is 0 Å². The van der Waals surface area contributed by atoms with E-state index in [1.54, 1.807) is 0 Å². The summed E-state index contributed by atoms with van der Waals surface area (Å²) in [4.78, 5) is 10.3. The van der Waals surface area contributed by atoms with Gasteiger partial charge in [0.2, 0.25) is 0 Å². The molecule has 0 aromatic heterocycles. The lowest BCUT2D eigenvalue weighted by Crippen LogP contribution is -2.28. The molecule has 0 radical (unpaired) electrons. The first-order chi connectivity index (χ1) is 11.1. The molecule has 0 aliphatic carbocycles. The molecule has 1 aromatic carbocycles. The van der Waals surface area contributed by atoms with Gasteiger partial charge in [0.15, 0.2) is 0 Å². The Balaban J connectivity index is 1.99. The fourth-order valence-electron chi connectivity index (χ4n) is 1.78. The molecule has 1 aromatic rings. The lowest BCUT2D eigenvalue weighted by atomic mass is 10.2. The Morgan fingerprint density at radius 3 is 2.09 bits per heavy atom. The van der Waals surface area contributed by atoms with Gasteiger partial charge < -0.3 is 24.1 Å². The summed E-state index contributed by atoms with van der Waals surface area (Å²) in [6.45, 7) is 5.72. The van der Waals surface area contributed by atoms with Crippen LogP contribution in [0.2, 0.25) is 0 Å². The second-order valence-corrected chi connectivity index (χ2v) is 5.14. The van der Waals surface area contributed by atoms with Crippen molar-refractivity contribution in [3.8, 4) is 0 Å².